The highest BCUT2D eigenvalue weighted by molar-refractivity contribution is 6.02. The lowest BCUT2D eigenvalue weighted by atomic mass is 9.97. The molecule has 0 atom stereocenters. The summed E-state index contributed by atoms with van der Waals surface area (Å²) in [6, 6.07) is 13.1. The van der Waals surface area contributed by atoms with Gasteiger partial charge in [-0.05, 0) is 24.6 Å². The van der Waals surface area contributed by atoms with E-state index in [1.807, 2.05) is 49.4 Å². The van der Waals surface area contributed by atoms with Crippen LogP contribution in [0.3, 0.4) is 0 Å². The molecule has 4 heteroatoms. The van der Waals surface area contributed by atoms with Crippen molar-refractivity contribution in [1.82, 2.24) is 5.32 Å². The van der Waals surface area contributed by atoms with Crippen LogP contribution >= 0.6 is 0 Å². The molecular formula is C18H21NO3. The van der Waals surface area contributed by atoms with Crippen LogP contribution in [0.4, 0.5) is 0 Å². The van der Waals surface area contributed by atoms with Gasteiger partial charge < -0.3 is 14.8 Å². The van der Waals surface area contributed by atoms with Gasteiger partial charge in [-0.2, -0.15) is 0 Å². The van der Waals surface area contributed by atoms with Crippen molar-refractivity contribution >= 4 is 5.91 Å². The zero-order valence-corrected chi connectivity index (χ0v) is 13.2. The van der Waals surface area contributed by atoms with Crippen molar-refractivity contribution < 1.29 is 14.3 Å². The number of rotatable bonds is 6. The third-order valence-electron chi connectivity index (χ3n) is 3.40. The quantitative estimate of drug-likeness (QED) is 0.888. The van der Waals surface area contributed by atoms with E-state index >= 15 is 0 Å². The summed E-state index contributed by atoms with van der Waals surface area (Å²) < 4.78 is 10.9. The molecular weight excluding hydrogens is 278 g/mol. The maximum absolute atomic E-state index is 12.4. The molecule has 0 aliphatic carbocycles. The van der Waals surface area contributed by atoms with Gasteiger partial charge in [-0.25, -0.2) is 0 Å². The highest BCUT2D eigenvalue weighted by Crippen LogP contribution is 2.39. The van der Waals surface area contributed by atoms with E-state index in [0.29, 0.717) is 23.6 Å². The second kappa shape index (κ2) is 7.50. The Morgan fingerprint density at radius 3 is 2.23 bits per heavy atom. The molecule has 116 valence electrons. The van der Waals surface area contributed by atoms with Crippen LogP contribution in [0.25, 0.3) is 11.1 Å². The number of nitrogens with one attached hydrogen (secondary N) is 1. The van der Waals surface area contributed by atoms with Crippen LogP contribution in [0.1, 0.15) is 23.7 Å². The molecule has 0 aromatic heterocycles. The Bertz CT molecular complexity index is 630. The fraction of sp³-hybridized carbons (Fsp3) is 0.278. The van der Waals surface area contributed by atoms with Gasteiger partial charge in [-0.3, -0.25) is 4.79 Å². The van der Waals surface area contributed by atoms with E-state index in [-0.39, 0.29) is 5.91 Å². The van der Waals surface area contributed by atoms with Gasteiger partial charge in [0.25, 0.3) is 5.91 Å². The Labute approximate surface area is 131 Å². The van der Waals surface area contributed by atoms with Crippen LogP contribution in [0.2, 0.25) is 0 Å². The predicted octanol–water partition coefficient (Wildman–Crippen LogP) is 3.51. The average Bonchev–Trinajstić information content (AvgIpc) is 2.58. The van der Waals surface area contributed by atoms with Crippen molar-refractivity contribution in [2.24, 2.45) is 0 Å². The van der Waals surface area contributed by atoms with Crippen LogP contribution in [0.15, 0.2) is 42.5 Å². The third-order valence-corrected chi connectivity index (χ3v) is 3.40. The first kappa shape index (κ1) is 15.9. The molecule has 0 radical (unpaired) electrons. The van der Waals surface area contributed by atoms with Gasteiger partial charge in [0.2, 0.25) is 0 Å². The number of amides is 1. The number of carbonyl (C=O) groups excluding carboxylic acids is 1. The second-order valence-corrected chi connectivity index (χ2v) is 4.84. The first-order valence-corrected chi connectivity index (χ1v) is 7.31. The minimum atomic E-state index is -0.0922. The molecule has 0 saturated heterocycles. The van der Waals surface area contributed by atoms with E-state index in [1.54, 1.807) is 14.2 Å². The van der Waals surface area contributed by atoms with Crippen LogP contribution in [-0.2, 0) is 0 Å². The molecule has 2 aromatic carbocycles. The standard InChI is InChI=1S/C18H21NO3/c1-4-12-19-18(20)14-9-6-5-8-13(14)17-15(21-2)10-7-11-16(17)22-3/h5-11H,4,12H2,1-3H3,(H,19,20). The summed E-state index contributed by atoms with van der Waals surface area (Å²) in [7, 11) is 3.22. The Hall–Kier alpha value is -2.49. The molecule has 0 fully saturated rings. The summed E-state index contributed by atoms with van der Waals surface area (Å²) in [5.74, 6) is 1.26. The van der Waals surface area contributed by atoms with Gasteiger partial charge in [-0.15, -0.1) is 0 Å². The number of ether oxygens (including phenoxy) is 2. The lowest BCUT2D eigenvalue weighted by Crippen LogP contribution is -2.24. The molecule has 22 heavy (non-hydrogen) atoms. The summed E-state index contributed by atoms with van der Waals surface area (Å²) in [6.45, 7) is 2.67. The molecule has 0 saturated carbocycles. The summed E-state index contributed by atoms with van der Waals surface area (Å²) in [5, 5.41) is 2.91. The smallest absolute Gasteiger partial charge is 0.251 e. The largest absolute Gasteiger partial charge is 0.496 e. The number of methoxy groups -OCH3 is 2. The van der Waals surface area contributed by atoms with Gasteiger partial charge in [-0.1, -0.05) is 31.2 Å². The Kier molecular flexibility index (Phi) is 5.42. The zero-order valence-electron chi connectivity index (χ0n) is 13.2. The normalized spacial score (nSPS) is 10.1. The summed E-state index contributed by atoms with van der Waals surface area (Å²) in [4.78, 5) is 12.4. The van der Waals surface area contributed by atoms with E-state index in [1.165, 1.54) is 0 Å². The number of benzene rings is 2. The van der Waals surface area contributed by atoms with Crippen LogP contribution in [0, 0.1) is 0 Å². The molecule has 0 bridgehead atoms. The van der Waals surface area contributed by atoms with Crippen molar-refractivity contribution in [3.63, 3.8) is 0 Å². The molecule has 2 rings (SSSR count). The topological polar surface area (TPSA) is 47.6 Å². The van der Waals surface area contributed by atoms with Gasteiger partial charge in [0.05, 0.1) is 19.8 Å². The lowest BCUT2D eigenvalue weighted by Gasteiger charge is -2.16. The van der Waals surface area contributed by atoms with Crippen molar-refractivity contribution in [1.29, 1.82) is 0 Å². The highest BCUT2D eigenvalue weighted by atomic mass is 16.5. The number of hydrogen-bond donors (Lipinski definition) is 1. The van der Waals surface area contributed by atoms with E-state index in [2.05, 4.69) is 5.32 Å². The fourth-order valence-corrected chi connectivity index (χ4v) is 2.35. The SMILES string of the molecule is CCCNC(=O)c1ccccc1-c1c(OC)cccc1OC. The lowest BCUT2D eigenvalue weighted by molar-refractivity contribution is 0.0954. The van der Waals surface area contributed by atoms with E-state index in [0.717, 1.165) is 17.5 Å². The number of carbonyl (C=O) groups is 1. The molecule has 0 unspecified atom stereocenters. The second-order valence-electron chi connectivity index (χ2n) is 4.84. The van der Waals surface area contributed by atoms with E-state index in [9.17, 15) is 4.79 Å². The van der Waals surface area contributed by atoms with Crippen molar-refractivity contribution in [3.8, 4) is 22.6 Å². The monoisotopic (exact) mass is 299 g/mol. The summed E-state index contributed by atoms with van der Waals surface area (Å²) in [6.07, 6.45) is 0.895. The Morgan fingerprint density at radius 2 is 1.64 bits per heavy atom. The third kappa shape index (κ3) is 3.22. The van der Waals surface area contributed by atoms with Crippen LogP contribution in [-0.4, -0.2) is 26.7 Å². The van der Waals surface area contributed by atoms with E-state index in [4.69, 9.17) is 9.47 Å². The van der Waals surface area contributed by atoms with Gasteiger partial charge >= 0.3 is 0 Å². The summed E-state index contributed by atoms with van der Waals surface area (Å²) >= 11 is 0. The van der Waals surface area contributed by atoms with Crippen molar-refractivity contribution in [2.45, 2.75) is 13.3 Å². The Morgan fingerprint density at radius 1 is 1.00 bits per heavy atom. The van der Waals surface area contributed by atoms with Crippen molar-refractivity contribution in [2.75, 3.05) is 20.8 Å². The predicted molar refractivity (Wildman–Crippen MR) is 87.6 cm³/mol. The molecule has 0 heterocycles. The first-order chi connectivity index (χ1) is 10.7. The maximum atomic E-state index is 12.4. The van der Waals surface area contributed by atoms with Crippen molar-refractivity contribution in [3.05, 3.63) is 48.0 Å². The fourth-order valence-electron chi connectivity index (χ4n) is 2.35. The van der Waals surface area contributed by atoms with Gasteiger partial charge in [0.1, 0.15) is 11.5 Å². The molecule has 0 aliphatic heterocycles. The average molecular weight is 299 g/mol. The molecule has 1 amide bonds. The van der Waals surface area contributed by atoms with E-state index < -0.39 is 0 Å². The van der Waals surface area contributed by atoms with Gasteiger partial charge in [0, 0.05) is 17.7 Å². The summed E-state index contributed by atoms with van der Waals surface area (Å²) in [5.41, 5.74) is 2.19. The molecule has 2 aromatic rings. The molecule has 4 nitrogen and oxygen atoms in total. The van der Waals surface area contributed by atoms with Gasteiger partial charge in [0.15, 0.2) is 0 Å². The molecule has 0 aliphatic rings. The van der Waals surface area contributed by atoms with Crippen LogP contribution in [0.5, 0.6) is 11.5 Å². The zero-order chi connectivity index (χ0) is 15.9. The molecule has 1 N–H and O–H groups in total. The number of hydrogen-bond acceptors (Lipinski definition) is 3. The van der Waals surface area contributed by atoms with Crippen LogP contribution < -0.4 is 14.8 Å². The molecule has 0 spiro atoms. The first-order valence-electron chi connectivity index (χ1n) is 7.31. The minimum absolute atomic E-state index is 0.0922. The maximum Gasteiger partial charge on any atom is 0.251 e. The Balaban J connectivity index is 2.56. The minimum Gasteiger partial charge on any atom is -0.496 e. The highest BCUT2D eigenvalue weighted by Gasteiger charge is 2.18.